The van der Waals surface area contributed by atoms with E-state index in [0.717, 1.165) is 18.4 Å². The number of hydrogen-bond donors (Lipinski definition) is 0. The van der Waals surface area contributed by atoms with Gasteiger partial charge in [-0.15, -0.1) is 0 Å². The third kappa shape index (κ3) is 3.76. The van der Waals surface area contributed by atoms with Crippen LogP contribution in [0.15, 0.2) is 35.9 Å². The highest BCUT2D eigenvalue weighted by atomic mass is 16.5. The van der Waals surface area contributed by atoms with Crippen LogP contribution in [-0.4, -0.2) is 25.2 Å². The van der Waals surface area contributed by atoms with Crippen LogP contribution in [0, 0.1) is 11.3 Å². The lowest BCUT2D eigenvalue weighted by molar-refractivity contribution is -0.156. The van der Waals surface area contributed by atoms with Gasteiger partial charge in [-0.3, -0.25) is 9.59 Å². The standard InChI is InChI=1S/C20H24O5/c1-13-8-9-20(11-23-14(2)21)10-17(13)19(24-12-20)16-6-4-5-7-18(16)25-15(3)22/h4-8,17,19H,9-12H2,1-3H3/t17-,19-,20-/m1/s1. The van der Waals surface area contributed by atoms with Gasteiger partial charge in [0.15, 0.2) is 0 Å². The highest BCUT2D eigenvalue weighted by molar-refractivity contribution is 5.70. The molecule has 0 radical (unpaired) electrons. The molecule has 1 aliphatic carbocycles. The number of allylic oxidation sites excluding steroid dienone is 1. The Labute approximate surface area is 148 Å². The van der Waals surface area contributed by atoms with Crippen LogP contribution in [0.5, 0.6) is 5.75 Å². The van der Waals surface area contributed by atoms with E-state index in [-0.39, 0.29) is 29.4 Å². The number of carbonyl (C=O) groups is 2. The average Bonchev–Trinajstić information content (AvgIpc) is 2.57. The van der Waals surface area contributed by atoms with Crippen molar-refractivity contribution in [1.29, 1.82) is 0 Å². The van der Waals surface area contributed by atoms with Crippen LogP contribution in [0.3, 0.4) is 0 Å². The summed E-state index contributed by atoms with van der Waals surface area (Å²) < 4.78 is 16.9. The summed E-state index contributed by atoms with van der Waals surface area (Å²) in [5.74, 6) is 0.114. The molecule has 2 aliphatic rings. The SMILES string of the molecule is CC(=O)OC[C@@]12CC=C(C)[C@@H](C1)[C@@H](c1ccccc1OC(C)=O)OC2. The Balaban J connectivity index is 1.87. The highest BCUT2D eigenvalue weighted by Crippen LogP contribution is 2.51. The van der Waals surface area contributed by atoms with Gasteiger partial charge in [0.05, 0.1) is 19.3 Å². The fraction of sp³-hybridized carbons (Fsp3) is 0.500. The van der Waals surface area contributed by atoms with Gasteiger partial charge in [-0.25, -0.2) is 0 Å². The van der Waals surface area contributed by atoms with Gasteiger partial charge in [0.25, 0.3) is 0 Å². The Morgan fingerprint density at radius 2 is 2.00 bits per heavy atom. The van der Waals surface area contributed by atoms with Gasteiger partial charge >= 0.3 is 11.9 Å². The van der Waals surface area contributed by atoms with E-state index in [2.05, 4.69) is 13.0 Å². The maximum Gasteiger partial charge on any atom is 0.308 e. The first-order chi connectivity index (χ1) is 11.9. The summed E-state index contributed by atoms with van der Waals surface area (Å²) in [6.45, 7) is 5.82. The summed E-state index contributed by atoms with van der Waals surface area (Å²) in [5.41, 5.74) is 1.99. The zero-order valence-electron chi connectivity index (χ0n) is 14.9. The largest absolute Gasteiger partial charge is 0.465 e. The second kappa shape index (κ2) is 7.00. The normalized spacial score (nSPS) is 28.0. The number of rotatable bonds is 4. The van der Waals surface area contributed by atoms with Crippen LogP contribution in [0.25, 0.3) is 0 Å². The quantitative estimate of drug-likeness (QED) is 0.474. The lowest BCUT2D eigenvalue weighted by atomic mass is 9.66. The molecule has 1 aromatic rings. The fourth-order valence-electron chi connectivity index (χ4n) is 3.77. The zero-order valence-corrected chi connectivity index (χ0v) is 14.9. The topological polar surface area (TPSA) is 61.8 Å². The first-order valence-electron chi connectivity index (χ1n) is 8.59. The van der Waals surface area contributed by atoms with Crippen molar-refractivity contribution in [3.8, 4) is 5.75 Å². The molecule has 134 valence electrons. The van der Waals surface area contributed by atoms with Crippen LogP contribution < -0.4 is 4.74 Å². The molecule has 0 saturated carbocycles. The summed E-state index contributed by atoms with van der Waals surface area (Å²) in [4.78, 5) is 22.6. The molecule has 1 aromatic carbocycles. The summed E-state index contributed by atoms with van der Waals surface area (Å²) in [5, 5.41) is 0. The molecule has 1 aliphatic heterocycles. The maximum atomic E-state index is 11.4. The molecule has 2 bridgehead atoms. The van der Waals surface area contributed by atoms with Crippen LogP contribution in [0.1, 0.15) is 45.3 Å². The third-order valence-electron chi connectivity index (χ3n) is 5.09. The number of hydrogen-bond acceptors (Lipinski definition) is 5. The van der Waals surface area contributed by atoms with Crippen molar-refractivity contribution in [2.24, 2.45) is 11.3 Å². The molecule has 5 nitrogen and oxygen atoms in total. The number of fused-ring (bicyclic) bond motifs is 2. The van der Waals surface area contributed by atoms with Gasteiger partial charge in [0.1, 0.15) is 5.75 Å². The Morgan fingerprint density at radius 1 is 1.24 bits per heavy atom. The molecule has 0 unspecified atom stereocenters. The van der Waals surface area contributed by atoms with Gasteiger partial charge in [0, 0.05) is 30.7 Å². The van der Waals surface area contributed by atoms with Gasteiger partial charge in [-0.2, -0.15) is 0 Å². The van der Waals surface area contributed by atoms with Gasteiger partial charge in [-0.1, -0.05) is 29.8 Å². The average molecular weight is 344 g/mol. The second-order valence-electron chi connectivity index (χ2n) is 7.11. The van der Waals surface area contributed by atoms with E-state index in [1.54, 1.807) is 6.07 Å². The van der Waals surface area contributed by atoms with Crippen molar-refractivity contribution in [2.75, 3.05) is 13.2 Å². The fourth-order valence-corrected chi connectivity index (χ4v) is 3.77. The van der Waals surface area contributed by atoms with Gasteiger partial charge in [0.2, 0.25) is 0 Å². The van der Waals surface area contributed by atoms with Gasteiger partial charge < -0.3 is 14.2 Å². The molecule has 25 heavy (non-hydrogen) atoms. The van der Waals surface area contributed by atoms with E-state index in [9.17, 15) is 9.59 Å². The summed E-state index contributed by atoms with van der Waals surface area (Å²) in [7, 11) is 0. The number of esters is 2. The first-order valence-corrected chi connectivity index (χ1v) is 8.59. The van der Waals surface area contributed by atoms with E-state index in [1.165, 1.54) is 19.4 Å². The highest BCUT2D eigenvalue weighted by Gasteiger charge is 2.46. The first kappa shape index (κ1) is 17.7. The summed E-state index contributed by atoms with van der Waals surface area (Å²) in [6.07, 6.45) is 3.79. The van der Waals surface area contributed by atoms with Crippen molar-refractivity contribution in [2.45, 2.75) is 39.7 Å². The van der Waals surface area contributed by atoms with Crippen molar-refractivity contribution in [1.82, 2.24) is 0 Å². The molecule has 3 rings (SSSR count). The maximum absolute atomic E-state index is 11.4. The number of carbonyl (C=O) groups excluding carboxylic acids is 2. The monoisotopic (exact) mass is 344 g/mol. The summed E-state index contributed by atoms with van der Waals surface area (Å²) >= 11 is 0. The molecule has 0 amide bonds. The van der Waals surface area contributed by atoms with E-state index < -0.39 is 0 Å². The second-order valence-corrected chi connectivity index (χ2v) is 7.11. The molecule has 5 heteroatoms. The molecule has 1 fully saturated rings. The van der Waals surface area contributed by atoms with E-state index in [0.29, 0.717) is 19.0 Å². The van der Waals surface area contributed by atoms with Crippen molar-refractivity contribution < 1.29 is 23.8 Å². The smallest absolute Gasteiger partial charge is 0.308 e. The van der Waals surface area contributed by atoms with Gasteiger partial charge in [-0.05, 0) is 25.8 Å². The Hall–Kier alpha value is -2.14. The zero-order chi connectivity index (χ0) is 18.0. The number of benzene rings is 1. The molecular formula is C20H24O5. The third-order valence-corrected chi connectivity index (χ3v) is 5.09. The molecule has 0 spiro atoms. The summed E-state index contributed by atoms with van der Waals surface area (Å²) in [6, 6.07) is 7.51. The predicted octanol–water partition coefficient (Wildman–Crippen LogP) is 3.59. The molecular weight excluding hydrogens is 320 g/mol. The minimum Gasteiger partial charge on any atom is -0.465 e. The van der Waals surface area contributed by atoms with E-state index in [4.69, 9.17) is 14.2 Å². The van der Waals surface area contributed by atoms with Crippen molar-refractivity contribution in [3.63, 3.8) is 0 Å². The molecule has 0 N–H and O–H groups in total. The molecule has 3 atom stereocenters. The molecule has 0 aromatic heterocycles. The van der Waals surface area contributed by atoms with Crippen LogP contribution in [0.4, 0.5) is 0 Å². The Morgan fingerprint density at radius 3 is 2.72 bits per heavy atom. The van der Waals surface area contributed by atoms with Crippen molar-refractivity contribution in [3.05, 3.63) is 41.5 Å². The lowest BCUT2D eigenvalue weighted by Crippen LogP contribution is -2.44. The van der Waals surface area contributed by atoms with Crippen LogP contribution in [0.2, 0.25) is 0 Å². The number of ether oxygens (including phenoxy) is 3. The van der Waals surface area contributed by atoms with E-state index in [1.807, 2.05) is 18.2 Å². The number of para-hydroxylation sites is 1. The minimum absolute atomic E-state index is 0.164. The predicted molar refractivity (Wildman–Crippen MR) is 92.0 cm³/mol. The van der Waals surface area contributed by atoms with Crippen molar-refractivity contribution >= 4 is 11.9 Å². The lowest BCUT2D eigenvalue weighted by Gasteiger charge is -2.47. The Kier molecular flexibility index (Phi) is 4.95. The molecule has 1 heterocycles. The van der Waals surface area contributed by atoms with Crippen LogP contribution >= 0.6 is 0 Å². The van der Waals surface area contributed by atoms with Crippen LogP contribution in [-0.2, 0) is 19.1 Å². The molecule has 1 saturated heterocycles. The van der Waals surface area contributed by atoms with E-state index >= 15 is 0 Å². The Bertz CT molecular complexity index is 708. The minimum atomic E-state index is -0.344.